The maximum absolute atomic E-state index is 5.70. The highest BCUT2D eigenvalue weighted by Gasteiger charge is 2.30. The Hall–Kier alpha value is -0.680. The van der Waals surface area contributed by atoms with Gasteiger partial charge in [-0.2, -0.15) is 0 Å². The van der Waals surface area contributed by atoms with Crippen LogP contribution in [0.15, 0.2) is 4.47 Å². The van der Waals surface area contributed by atoms with Crippen LogP contribution >= 0.6 is 15.9 Å². The molecule has 1 aliphatic carbocycles. The highest BCUT2D eigenvalue weighted by molar-refractivity contribution is 9.10. The predicted molar refractivity (Wildman–Crippen MR) is 75.9 cm³/mol. The molecule has 0 aromatic carbocycles. The van der Waals surface area contributed by atoms with Crippen LogP contribution in [0.3, 0.4) is 0 Å². The molecule has 0 spiro atoms. The molecule has 1 N–H and O–H groups in total. The summed E-state index contributed by atoms with van der Waals surface area (Å²) < 4.78 is 6.71. The summed E-state index contributed by atoms with van der Waals surface area (Å²) in [5.74, 6) is 2.25. The van der Waals surface area contributed by atoms with Crippen LogP contribution in [0.25, 0.3) is 0 Å². The maximum Gasteiger partial charge on any atom is 0.159 e. The molecule has 1 unspecified atom stereocenters. The van der Waals surface area contributed by atoms with Crippen LogP contribution in [0.2, 0.25) is 0 Å². The monoisotopic (exact) mass is 313 g/mol. The Bertz CT molecular complexity index is 421. The number of halogens is 1. The van der Waals surface area contributed by atoms with E-state index in [-0.39, 0.29) is 6.10 Å². The average molecular weight is 314 g/mol. The van der Waals surface area contributed by atoms with Crippen molar-refractivity contribution in [1.29, 1.82) is 0 Å². The summed E-state index contributed by atoms with van der Waals surface area (Å²) in [7, 11) is 1.88. The van der Waals surface area contributed by atoms with Gasteiger partial charge in [0.1, 0.15) is 11.9 Å². The summed E-state index contributed by atoms with van der Waals surface area (Å²) in [4.78, 5) is 9.27. The van der Waals surface area contributed by atoms with Crippen LogP contribution in [-0.2, 0) is 4.74 Å². The molecule has 0 radical (unpaired) electrons. The smallest absolute Gasteiger partial charge is 0.159 e. The van der Waals surface area contributed by atoms with Crippen molar-refractivity contribution >= 4 is 21.7 Å². The molecule has 1 aromatic heterocycles. The van der Waals surface area contributed by atoms with Gasteiger partial charge in [-0.25, -0.2) is 9.97 Å². The lowest BCUT2D eigenvalue weighted by molar-refractivity contribution is 0.0534. The standard InChI is InChI=1S/C13H20BrN3O/c1-4-9(18-5-2)12-16-11(8-6-7-8)10(14)13(15-3)17-12/h8-9H,4-7H2,1-3H3,(H,15,16,17). The third kappa shape index (κ3) is 2.83. The lowest BCUT2D eigenvalue weighted by Gasteiger charge is -2.17. The summed E-state index contributed by atoms with van der Waals surface area (Å²) in [6, 6.07) is 0. The summed E-state index contributed by atoms with van der Waals surface area (Å²) in [5, 5.41) is 3.13. The first-order valence-electron chi connectivity index (χ1n) is 6.57. The summed E-state index contributed by atoms with van der Waals surface area (Å²) in [5.41, 5.74) is 1.13. The van der Waals surface area contributed by atoms with Crippen molar-refractivity contribution in [3.05, 3.63) is 16.0 Å². The molecule has 18 heavy (non-hydrogen) atoms. The molecule has 1 atom stereocenters. The summed E-state index contributed by atoms with van der Waals surface area (Å²) in [6.45, 7) is 4.79. The zero-order chi connectivity index (χ0) is 13.1. The third-order valence-electron chi connectivity index (χ3n) is 3.12. The van der Waals surface area contributed by atoms with Crippen molar-refractivity contribution in [2.45, 2.75) is 45.1 Å². The Morgan fingerprint density at radius 2 is 2.11 bits per heavy atom. The van der Waals surface area contributed by atoms with Crippen molar-refractivity contribution < 1.29 is 4.74 Å². The molecule has 1 aromatic rings. The van der Waals surface area contributed by atoms with Crippen LogP contribution in [0, 0.1) is 0 Å². The minimum Gasteiger partial charge on any atom is -0.372 e. The van der Waals surface area contributed by atoms with Gasteiger partial charge in [-0.05, 0) is 42.1 Å². The predicted octanol–water partition coefficient (Wildman–Crippen LogP) is 3.65. The molecule has 1 aliphatic rings. The van der Waals surface area contributed by atoms with Crippen LogP contribution < -0.4 is 5.32 Å². The van der Waals surface area contributed by atoms with Gasteiger partial charge >= 0.3 is 0 Å². The Labute approximate surface area is 117 Å². The van der Waals surface area contributed by atoms with Gasteiger partial charge in [0.25, 0.3) is 0 Å². The molecule has 0 bridgehead atoms. The van der Waals surface area contributed by atoms with Crippen LogP contribution in [0.5, 0.6) is 0 Å². The number of anilines is 1. The van der Waals surface area contributed by atoms with Gasteiger partial charge in [0.15, 0.2) is 5.82 Å². The first-order chi connectivity index (χ1) is 8.71. The van der Waals surface area contributed by atoms with Crippen molar-refractivity contribution in [1.82, 2.24) is 9.97 Å². The minimum absolute atomic E-state index is 0.00676. The van der Waals surface area contributed by atoms with E-state index in [9.17, 15) is 0 Å². The quantitative estimate of drug-likeness (QED) is 0.871. The van der Waals surface area contributed by atoms with Gasteiger partial charge in [-0.1, -0.05) is 6.92 Å². The molecular weight excluding hydrogens is 294 g/mol. The van der Waals surface area contributed by atoms with Gasteiger partial charge in [0, 0.05) is 19.6 Å². The highest BCUT2D eigenvalue weighted by Crippen LogP contribution is 2.44. The molecule has 1 fully saturated rings. The van der Waals surface area contributed by atoms with Crippen molar-refractivity contribution in [3.8, 4) is 0 Å². The lowest BCUT2D eigenvalue weighted by atomic mass is 10.2. The number of hydrogen-bond donors (Lipinski definition) is 1. The molecule has 1 saturated carbocycles. The fourth-order valence-corrected chi connectivity index (χ4v) is 2.69. The van der Waals surface area contributed by atoms with Crippen molar-refractivity contribution in [3.63, 3.8) is 0 Å². The second-order valence-electron chi connectivity index (χ2n) is 4.51. The second-order valence-corrected chi connectivity index (χ2v) is 5.30. The average Bonchev–Trinajstić information content (AvgIpc) is 3.20. The van der Waals surface area contributed by atoms with Crippen LogP contribution in [-0.4, -0.2) is 23.6 Å². The SMILES string of the molecule is CCOC(CC)c1nc(NC)c(Br)c(C2CC2)n1. The summed E-state index contributed by atoms with van der Waals surface area (Å²) in [6.07, 6.45) is 3.34. The molecule has 4 nitrogen and oxygen atoms in total. The number of hydrogen-bond acceptors (Lipinski definition) is 4. The summed E-state index contributed by atoms with van der Waals surface area (Å²) >= 11 is 3.60. The van der Waals surface area contributed by atoms with Crippen molar-refractivity contribution in [2.75, 3.05) is 19.0 Å². The van der Waals surface area contributed by atoms with E-state index in [2.05, 4.69) is 33.2 Å². The number of ether oxygens (including phenoxy) is 1. The zero-order valence-electron chi connectivity index (χ0n) is 11.2. The molecule has 0 aliphatic heterocycles. The molecule has 100 valence electrons. The Morgan fingerprint density at radius 3 is 2.61 bits per heavy atom. The Kier molecular flexibility index (Phi) is 4.56. The molecule has 0 saturated heterocycles. The van der Waals surface area contributed by atoms with E-state index in [4.69, 9.17) is 9.72 Å². The zero-order valence-corrected chi connectivity index (χ0v) is 12.7. The van der Waals surface area contributed by atoms with E-state index in [0.29, 0.717) is 12.5 Å². The third-order valence-corrected chi connectivity index (χ3v) is 3.90. The van der Waals surface area contributed by atoms with Gasteiger partial charge in [0.05, 0.1) is 10.2 Å². The number of aromatic nitrogens is 2. The van der Waals surface area contributed by atoms with Crippen LogP contribution in [0.1, 0.15) is 56.7 Å². The van der Waals surface area contributed by atoms with Gasteiger partial charge < -0.3 is 10.1 Å². The molecule has 0 amide bonds. The van der Waals surface area contributed by atoms with E-state index in [0.717, 1.165) is 28.2 Å². The van der Waals surface area contributed by atoms with Gasteiger partial charge in [0.2, 0.25) is 0 Å². The lowest BCUT2D eigenvalue weighted by Crippen LogP contribution is -2.12. The van der Waals surface area contributed by atoms with Gasteiger partial charge in [-0.3, -0.25) is 0 Å². The Balaban J connectivity index is 2.37. The number of nitrogens with zero attached hydrogens (tertiary/aromatic N) is 2. The fraction of sp³-hybridized carbons (Fsp3) is 0.692. The van der Waals surface area contributed by atoms with Gasteiger partial charge in [-0.15, -0.1) is 0 Å². The van der Waals surface area contributed by atoms with E-state index < -0.39 is 0 Å². The number of rotatable bonds is 6. The van der Waals surface area contributed by atoms with E-state index in [1.165, 1.54) is 12.8 Å². The van der Waals surface area contributed by atoms with E-state index >= 15 is 0 Å². The van der Waals surface area contributed by atoms with E-state index in [1.54, 1.807) is 0 Å². The normalized spacial score (nSPS) is 16.7. The second kappa shape index (κ2) is 5.97. The topological polar surface area (TPSA) is 47.0 Å². The Morgan fingerprint density at radius 1 is 1.39 bits per heavy atom. The molecule has 2 rings (SSSR count). The minimum atomic E-state index is -0.00676. The van der Waals surface area contributed by atoms with Crippen LogP contribution in [0.4, 0.5) is 5.82 Å². The number of nitrogens with one attached hydrogen (secondary N) is 1. The van der Waals surface area contributed by atoms with Crippen molar-refractivity contribution in [2.24, 2.45) is 0 Å². The largest absolute Gasteiger partial charge is 0.372 e. The highest BCUT2D eigenvalue weighted by atomic mass is 79.9. The fourth-order valence-electron chi connectivity index (χ4n) is 2.00. The molecular formula is C13H20BrN3O. The molecule has 5 heteroatoms. The maximum atomic E-state index is 5.70. The first kappa shape index (κ1) is 13.7. The van der Waals surface area contributed by atoms with E-state index in [1.807, 2.05) is 14.0 Å². The first-order valence-corrected chi connectivity index (χ1v) is 7.37. The molecule has 1 heterocycles.